The summed E-state index contributed by atoms with van der Waals surface area (Å²) in [5.74, 6) is 0.765. The summed E-state index contributed by atoms with van der Waals surface area (Å²) in [4.78, 5) is 2.65. The summed E-state index contributed by atoms with van der Waals surface area (Å²) < 4.78 is 11.7. The van der Waals surface area contributed by atoms with Crippen molar-refractivity contribution >= 4 is 22.1 Å². The van der Waals surface area contributed by atoms with Gasteiger partial charge in [0.05, 0.1) is 6.04 Å². The highest BCUT2D eigenvalue weighted by Gasteiger charge is 2.25. The lowest BCUT2D eigenvalue weighted by atomic mass is 10.2. The number of hydrogen-bond acceptors (Lipinski definition) is 3. The number of thiophene rings is 1. The maximum absolute atomic E-state index is 11.7. The zero-order chi connectivity index (χ0) is 10.1. The van der Waals surface area contributed by atoms with Gasteiger partial charge < -0.3 is 5.32 Å². The molecule has 0 saturated carbocycles. The third kappa shape index (κ3) is 2.07. The molecule has 0 radical (unpaired) electrons. The minimum absolute atomic E-state index is 0.298. The van der Waals surface area contributed by atoms with E-state index in [1.807, 2.05) is 6.92 Å². The zero-order valence-electron chi connectivity index (χ0n) is 8.45. The smallest absolute Gasteiger partial charge is 0.0532 e. The van der Waals surface area contributed by atoms with Crippen molar-refractivity contribution in [2.45, 2.75) is 25.1 Å². The van der Waals surface area contributed by atoms with Gasteiger partial charge >= 0.3 is 0 Å². The quantitative estimate of drug-likeness (QED) is 0.796. The van der Waals surface area contributed by atoms with E-state index in [9.17, 15) is 4.21 Å². The van der Waals surface area contributed by atoms with E-state index >= 15 is 0 Å². The van der Waals surface area contributed by atoms with Crippen LogP contribution in [0.4, 0.5) is 0 Å². The SMILES string of the molecule is Cc1ccc(C2CS(=O)C(C)CN2)s1. The van der Waals surface area contributed by atoms with Gasteiger partial charge in [0.25, 0.3) is 0 Å². The second kappa shape index (κ2) is 4.13. The van der Waals surface area contributed by atoms with E-state index in [-0.39, 0.29) is 0 Å². The monoisotopic (exact) mass is 229 g/mol. The molecule has 0 aliphatic carbocycles. The third-order valence-corrected chi connectivity index (χ3v) is 5.38. The molecule has 0 aromatic carbocycles. The average Bonchev–Trinajstić information content (AvgIpc) is 2.57. The molecule has 1 aromatic rings. The van der Waals surface area contributed by atoms with E-state index in [2.05, 4.69) is 24.4 Å². The van der Waals surface area contributed by atoms with E-state index < -0.39 is 10.8 Å². The molecule has 0 spiro atoms. The van der Waals surface area contributed by atoms with E-state index in [4.69, 9.17) is 0 Å². The van der Waals surface area contributed by atoms with E-state index in [1.54, 1.807) is 11.3 Å². The van der Waals surface area contributed by atoms with E-state index in [0.29, 0.717) is 11.3 Å². The van der Waals surface area contributed by atoms with Crippen molar-refractivity contribution < 1.29 is 4.21 Å². The number of nitrogens with one attached hydrogen (secondary N) is 1. The Morgan fingerprint density at radius 1 is 1.57 bits per heavy atom. The number of rotatable bonds is 1. The molecule has 2 heterocycles. The van der Waals surface area contributed by atoms with Gasteiger partial charge in [-0.1, -0.05) is 0 Å². The highest BCUT2D eigenvalue weighted by atomic mass is 32.2. The summed E-state index contributed by atoms with van der Waals surface area (Å²) in [6.45, 7) is 5.02. The van der Waals surface area contributed by atoms with Crippen molar-refractivity contribution in [3.8, 4) is 0 Å². The fourth-order valence-corrected chi connectivity index (χ4v) is 3.91. The van der Waals surface area contributed by atoms with Crippen LogP contribution >= 0.6 is 11.3 Å². The average molecular weight is 229 g/mol. The van der Waals surface area contributed by atoms with Crippen molar-refractivity contribution in [2.24, 2.45) is 0 Å². The highest BCUT2D eigenvalue weighted by molar-refractivity contribution is 7.85. The first-order chi connectivity index (χ1) is 6.66. The van der Waals surface area contributed by atoms with Crippen LogP contribution in [0.3, 0.4) is 0 Å². The maximum Gasteiger partial charge on any atom is 0.0532 e. The molecule has 0 bridgehead atoms. The molecule has 3 atom stereocenters. The molecule has 1 saturated heterocycles. The predicted octanol–water partition coefficient (Wildman–Crippen LogP) is 1.84. The fourth-order valence-electron chi connectivity index (χ4n) is 1.61. The lowest BCUT2D eigenvalue weighted by Crippen LogP contribution is -2.41. The molecule has 2 rings (SSSR count). The summed E-state index contributed by atoms with van der Waals surface area (Å²) in [5.41, 5.74) is 0. The van der Waals surface area contributed by atoms with E-state index in [1.165, 1.54) is 9.75 Å². The Morgan fingerprint density at radius 3 is 2.93 bits per heavy atom. The van der Waals surface area contributed by atoms with Gasteiger partial charge in [0.2, 0.25) is 0 Å². The van der Waals surface area contributed by atoms with Gasteiger partial charge in [-0.2, -0.15) is 0 Å². The highest BCUT2D eigenvalue weighted by Crippen LogP contribution is 2.25. The van der Waals surface area contributed by atoms with Crippen LogP contribution in [0, 0.1) is 6.92 Å². The Kier molecular flexibility index (Phi) is 3.04. The standard InChI is InChI=1S/C10H15NOS2/c1-7-3-4-10(13-7)9-6-14(12)8(2)5-11-9/h3-4,8-9,11H,5-6H2,1-2H3. The zero-order valence-corrected chi connectivity index (χ0v) is 10.1. The summed E-state index contributed by atoms with van der Waals surface area (Å²) in [5, 5.41) is 3.74. The summed E-state index contributed by atoms with van der Waals surface area (Å²) in [7, 11) is -0.662. The van der Waals surface area contributed by atoms with Gasteiger partial charge in [-0.3, -0.25) is 4.21 Å². The molecule has 14 heavy (non-hydrogen) atoms. The molecule has 0 amide bonds. The maximum atomic E-state index is 11.7. The Hall–Kier alpha value is -0.190. The second-order valence-corrected chi connectivity index (χ2v) is 6.99. The summed E-state index contributed by atoms with van der Waals surface area (Å²) in [6, 6.07) is 4.58. The van der Waals surface area contributed by atoms with Crippen LogP contribution in [0.1, 0.15) is 22.7 Å². The Morgan fingerprint density at radius 2 is 2.36 bits per heavy atom. The number of aryl methyl sites for hydroxylation is 1. The largest absolute Gasteiger partial charge is 0.307 e. The summed E-state index contributed by atoms with van der Waals surface area (Å²) in [6.07, 6.45) is 0. The van der Waals surface area contributed by atoms with Crippen LogP contribution in [0.5, 0.6) is 0 Å². The Labute approximate surface area is 91.2 Å². The van der Waals surface area contributed by atoms with Crippen LogP contribution in [-0.2, 0) is 10.8 Å². The van der Waals surface area contributed by atoms with Crippen molar-refractivity contribution in [1.82, 2.24) is 5.32 Å². The topological polar surface area (TPSA) is 29.1 Å². The first kappa shape index (κ1) is 10.3. The number of hydrogen-bond donors (Lipinski definition) is 1. The van der Waals surface area contributed by atoms with Crippen molar-refractivity contribution in [3.63, 3.8) is 0 Å². The van der Waals surface area contributed by atoms with Crippen LogP contribution in [0.15, 0.2) is 12.1 Å². The molecule has 1 aromatic heterocycles. The molecule has 1 aliphatic rings. The van der Waals surface area contributed by atoms with Gasteiger partial charge in [0, 0.05) is 38.1 Å². The molecule has 1 aliphatic heterocycles. The van der Waals surface area contributed by atoms with Gasteiger partial charge in [0.1, 0.15) is 0 Å². The van der Waals surface area contributed by atoms with Crippen LogP contribution in [0.2, 0.25) is 0 Å². The van der Waals surface area contributed by atoms with Crippen molar-refractivity contribution in [1.29, 1.82) is 0 Å². The fraction of sp³-hybridized carbons (Fsp3) is 0.600. The normalized spacial score (nSPS) is 33.1. The van der Waals surface area contributed by atoms with Crippen molar-refractivity contribution in [3.05, 3.63) is 21.9 Å². The van der Waals surface area contributed by atoms with Gasteiger partial charge in [-0.15, -0.1) is 11.3 Å². The first-order valence-electron chi connectivity index (χ1n) is 4.83. The van der Waals surface area contributed by atoms with Crippen molar-refractivity contribution in [2.75, 3.05) is 12.3 Å². The lowest BCUT2D eigenvalue weighted by molar-refractivity contribution is 0.546. The Balaban J connectivity index is 2.10. The first-order valence-corrected chi connectivity index (χ1v) is 7.03. The van der Waals surface area contributed by atoms with Gasteiger partial charge in [-0.05, 0) is 26.0 Å². The minimum atomic E-state index is -0.662. The minimum Gasteiger partial charge on any atom is -0.307 e. The third-order valence-electron chi connectivity index (χ3n) is 2.54. The van der Waals surface area contributed by atoms with E-state index in [0.717, 1.165) is 12.3 Å². The Bertz CT molecular complexity index is 348. The van der Waals surface area contributed by atoms with Crippen LogP contribution in [-0.4, -0.2) is 21.8 Å². The molecule has 1 N–H and O–H groups in total. The molecular formula is C10H15NOS2. The lowest BCUT2D eigenvalue weighted by Gasteiger charge is -2.26. The molecular weight excluding hydrogens is 214 g/mol. The predicted molar refractivity (Wildman–Crippen MR) is 62.3 cm³/mol. The second-order valence-electron chi connectivity index (χ2n) is 3.77. The molecule has 1 fully saturated rings. The molecule has 4 heteroatoms. The van der Waals surface area contributed by atoms with Gasteiger partial charge in [-0.25, -0.2) is 0 Å². The van der Waals surface area contributed by atoms with Crippen LogP contribution in [0.25, 0.3) is 0 Å². The van der Waals surface area contributed by atoms with Crippen LogP contribution < -0.4 is 5.32 Å². The molecule has 2 nitrogen and oxygen atoms in total. The molecule has 3 unspecified atom stereocenters. The summed E-state index contributed by atoms with van der Waals surface area (Å²) >= 11 is 1.80. The van der Waals surface area contributed by atoms with Gasteiger partial charge in [0.15, 0.2) is 0 Å². The molecule has 78 valence electrons.